The Labute approximate surface area is 404 Å². The van der Waals surface area contributed by atoms with Crippen LogP contribution in [0.25, 0.3) is 0 Å². The molecule has 0 aromatic carbocycles. The number of nitrogens with zero attached hydrogens (tertiary/aromatic N) is 1. The van der Waals surface area contributed by atoms with E-state index in [4.69, 9.17) is 18.5 Å². The second-order valence-corrected chi connectivity index (χ2v) is 19.6. The van der Waals surface area contributed by atoms with E-state index in [-0.39, 0.29) is 26.1 Å². The summed E-state index contributed by atoms with van der Waals surface area (Å²) in [7, 11) is 1.11. The fourth-order valence-electron chi connectivity index (χ4n) is 6.58. The molecule has 2 atom stereocenters. The number of hydrogen-bond donors (Lipinski definition) is 0. The molecule has 0 rings (SSSR count). The van der Waals surface area contributed by atoms with Crippen LogP contribution in [-0.2, 0) is 32.7 Å². The van der Waals surface area contributed by atoms with Crippen molar-refractivity contribution in [2.75, 3.05) is 47.5 Å². The summed E-state index contributed by atoms with van der Waals surface area (Å²) in [6.45, 7) is 4.04. The lowest BCUT2D eigenvalue weighted by molar-refractivity contribution is -0.870. The SMILES string of the molecule is CC/C=C\C/C=C\C/C=C\C/C=C\C/C=C\C/C=C\C/C=C\CCCC(=O)OC(COC(=O)CCCCCCCCCCC/C=C\CCCCCCCC)COP(=O)([O-])OCC[N+](C)(C)C. The van der Waals surface area contributed by atoms with E-state index in [1.54, 1.807) is 0 Å². The number of hydrogen-bond acceptors (Lipinski definition) is 8. The Balaban J connectivity index is 4.39. The van der Waals surface area contributed by atoms with Gasteiger partial charge < -0.3 is 27.9 Å². The van der Waals surface area contributed by atoms with Crippen LogP contribution in [0.4, 0.5) is 0 Å². The molecule has 0 radical (unpaired) electrons. The predicted molar refractivity (Wildman–Crippen MR) is 277 cm³/mol. The van der Waals surface area contributed by atoms with Gasteiger partial charge in [-0.25, -0.2) is 0 Å². The van der Waals surface area contributed by atoms with Crippen LogP contribution in [0.1, 0.15) is 194 Å². The van der Waals surface area contributed by atoms with Gasteiger partial charge in [0.1, 0.15) is 19.8 Å². The van der Waals surface area contributed by atoms with Crippen molar-refractivity contribution in [2.45, 2.75) is 200 Å². The molecule has 0 aliphatic heterocycles. The van der Waals surface area contributed by atoms with Crippen molar-refractivity contribution in [1.82, 2.24) is 0 Å². The Morgan fingerprint density at radius 1 is 0.485 bits per heavy atom. The first-order valence-electron chi connectivity index (χ1n) is 25.9. The van der Waals surface area contributed by atoms with Crippen LogP contribution in [0.3, 0.4) is 0 Å². The summed E-state index contributed by atoms with van der Waals surface area (Å²) in [4.78, 5) is 37.7. The van der Waals surface area contributed by atoms with Crippen LogP contribution in [0, 0.1) is 0 Å². The molecule has 0 saturated carbocycles. The van der Waals surface area contributed by atoms with Gasteiger partial charge >= 0.3 is 11.9 Å². The minimum Gasteiger partial charge on any atom is -0.756 e. The van der Waals surface area contributed by atoms with Gasteiger partial charge in [-0.05, 0) is 89.9 Å². The standard InChI is InChI=1S/C56H96NO8P/c1-6-8-10-12-14-16-18-20-22-24-26-27-28-29-31-33-35-37-39-41-43-45-47-49-56(59)65-54(53-64-66(60,61)63-51-50-57(3,4)5)52-62-55(58)48-46-44-42-40-38-36-34-32-30-25-23-21-19-17-15-13-11-9-7-2/h8,10,14,16,20-23,26-27,29,31,35,37,41,43,54H,6-7,9,11-13,15,17-19,24-25,28,30,32-34,36,38-40,42,44-53H2,1-5H3/b10-8-,16-14-,22-20-,23-21-,27-26-,31-29-,37-35-,43-41-. The third kappa shape index (κ3) is 50.3. The van der Waals surface area contributed by atoms with Gasteiger partial charge in [0.2, 0.25) is 0 Å². The number of quaternary nitrogens is 1. The van der Waals surface area contributed by atoms with Crippen molar-refractivity contribution in [1.29, 1.82) is 0 Å². The van der Waals surface area contributed by atoms with Gasteiger partial charge in [0.25, 0.3) is 7.82 Å². The Morgan fingerprint density at radius 2 is 0.879 bits per heavy atom. The normalized spacial score (nSPS) is 14.2. The molecular weight excluding hydrogens is 846 g/mol. The van der Waals surface area contributed by atoms with E-state index < -0.39 is 32.5 Å². The number of carbonyl (C=O) groups excluding carboxylic acids is 2. The van der Waals surface area contributed by atoms with E-state index in [1.807, 2.05) is 27.2 Å². The third-order valence-corrected chi connectivity index (χ3v) is 11.6. The van der Waals surface area contributed by atoms with Crippen molar-refractivity contribution >= 4 is 19.8 Å². The van der Waals surface area contributed by atoms with Crippen molar-refractivity contribution < 1.29 is 42.1 Å². The number of esters is 2. The minimum absolute atomic E-state index is 0.0470. The molecule has 0 heterocycles. The van der Waals surface area contributed by atoms with E-state index in [1.165, 1.54) is 83.5 Å². The maximum absolute atomic E-state index is 12.7. The number of carbonyl (C=O) groups is 2. The maximum atomic E-state index is 12.7. The number of rotatable bonds is 46. The first-order valence-corrected chi connectivity index (χ1v) is 27.4. The zero-order valence-electron chi connectivity index (χ0n) is 42.6. The summed E-state index contributed by atoms with van der Waals surface area (Å²) in [5, 5.41) is 0. The molecule has 0 aliphatic rings. The van der Waals surface area contributed by atoms with E-state index >= 15 is 0 Å². The highest BCUT2D eigenvalue weighted by Gasteiger charge is 2.21. The lowest BCUT2D eigenvalue weighted by Gasteiger charge is -2.28. The Kier molecular flexibility index (Phi) is 44.8. The average Bonchev–Trinajstić information content (AvgIpc) is 3.27. The van der Waals surface area contributed by atoms with Crippen molar-refractivity contribution in [3.05, 3.63) is 97.2 Å². The van der Waals surface area contributed by atoms with Crippen LogP contribution in [0.5, 0.6) is 0 Å². The summed E-state index contributed by atoms with van der Waals surface area (Å²) in [6.07, 6.45) is 63.0. The van der Waals surface area contributed by atoms with E-state index in [0.29, 0.717) is 30.3 Å². The molecular formula is C56H96NO8P. The number of likely N-dealkylation sites (N-methyl/N-ethyl adjacent to an activating group) is 1. The van der Waals surface area contributed by atoms with Gasteiger partial charge in [0.15, 0.2) is 6.10 Å². The average molecular weight is 942 g/mol. The quantitative estimate of drug-likeness (QED) is 0.0195. The number of phosphoric acid groups is 1. The van der Waals surface area contributed by atoms with Crippen LogP contribution >= 0.6 is 7.82 Å². The molecule has 0 N–H and O–H groups in total. The largest absolute Gasteiger partial charge is 0.756 e. The van der Waals surface area contributed by atoms with Gasteiger partial charge in [0, 0.05) is 12.8 Å². The molecule has 0 aromatic rings. The second-order valence-electron chi connectivity index (χ2n) is 18.1. The number of unbranched alkanes of at least 4 members (excludes halogenated alkanes) is 16. The summed E-state index contributed by atoms with van der Waals surface area (Å²) in [6, 6.07) is 0. The van der Waals surface area contributed by atoms with Gasteiger partial charge in [-0.15, -0.1) is 0 Å². The Bertz CT molecular complexity index is 1440. The van der Waals surface area contributed by atoms with Gasteiger partial charge in [-0.2, -0.15) is 0 Å². The molecule has 0 bridgehead atoms. The molecule has 378 valence electrons. The molecule has 0 amide bonds. The van der Waals surface area contributed by atoms with Crippen molar-refractivity contribution in [3.63, 3.8) is 0 Å². The lowest BCUT2D eigenvalue weighted by Crippen LogP contribution is -2.37. The first kappa shape index (κ1) is 62.9. The topological polar surface area (TPSA) is 111 Å². The number of allylic oxidation sites excluding steroid dienone is 16. The lowest BCUT2D eigenvalue weighted by atomic mass is 10.1. The molecule has 2 unspecified atom stereocenters. The van der Waals surface area contributed by atoms with Crippen molar-refractivity contribution in [2.24, 2.45) is 0 Å². The Morgan fingerprint density at radius 3 is 1.35 bits per heavy atom. The monoisotopic (exact) mass is 942 g/mol. The molecule has 0 fully saturated rings. The highest BCUT2D eigenvalue weighted by atomic mass is 31.2. The van der Waals surface area contributed by atoms with Gasteiger partial charge in [-0.3, -0.25) is 14.2 Å². The van der Waals surface area contributed by atoms with Crippen LogP contribution in [-0.4, -0.2) is 70.0 Å². The first-order chi connectivity index (χ1) is 32.0. The molecule has 0 saturated heterocycles. The van der Waals surface area contributed by atoms with Gasteiger partial charge in [0.05, 0.1) is 27.7 Å². The second kappa shape index (κ2) is 47.0. The molecule has 10 heteroatoms. The van der Waals surface area contributed by atoms with E-state index in [2.05, 4.69) is 105 Å². The van der Waals surface area contributed by atoms with E-state index in [0.717, 1.165) is 64.2 Å². The number of phosphoric ester groups is 1. The third-order valence-electron chi connectivity index (χ3n) is 10.6. The minimum atomic E-state index is -4.65. The van der Waals surface area contributed by atoms with Crippen LogP contribution in [0.15, 0.2) is 97.2 Å². The zero-order chi connectivity index (χ0) is 48.5. The summed E-state index contributed by atoms with van der Waals surface area (Å²) in [5.41, 5.74) is 0. The number of ether oxygens (including phenoxy) is 2. The van der Waals surface area contributed by atoms with E-state index in [9.17, 15) is 19.0 Å². The Hall–Kier alpha value is -3.07. The summed E-state index contributed by atoms with van der Waals surface area (Å²) >= 11 is 0. The predicted octanol–water partition coefficient (Wildman–Crippen LogP) is 15.1. The maximum Gasteiger partial charge on any atom is 0.306 e. The summed E-state index contributed by atoms with van der Waals surface area (Å²) in [5.74, 6) is -0.911. The molecule has 0 spiro atoms. The zero-order valence-corrected chi connectivity index (χ0v) is 43.5. The fraction of sp³-hybridized carbons (Fsp3) is 0.679. The smallest absolute Gasteiger partial charge is 0.306 e. The molecule has 66 heavy (non-hydrogen) atoms. The highest BCUT2D eigenvalue weighted by molar-refractivity contribution is 7.45. The molecule has 9 nitrogen and oxygen atoms in total. The fourth-order valence-corrected chi connectivity index (χ4v) is 7.31. The molecule has 0 aliphatic carbocycles. The molecule has 0 aromatic heterocycles. The van der Waals surface area contributed by atoms with Crippen molar-refractivity contribution in [3.8, 4) is 0 Å². The van der Waals surface area contributed by atoms with Crippen LogP contribution in [0.2, 0.25) is 0 Å². The van der Waals surface area contributed by atoms with Crippen LogP contribution < -0.4 is 4.89 Å². The highest BCUT2D eigenvalue weighted by Crippen LogP contribution is 2.38. The van der Waals surface area contributed by atoms with Gasteiger partial charge in [-0.1, -0.05) is 188 Å². The summed E-state index contributed by atoms with van der Waals surface area (Å²) < 4.78 is 34.0.